The van der Waals surface area contributed by atoms with Crippen molar-refractivity contribution in [3.05, 3.63) is 5.01 Å². The van der Waals surface area contributed by atoms with Gasteiger partial charge in [0.25, 0.3) is 0 Å². The summed E-state index contributed by atoms with van der Waals surface area (Å²) in [5.41, 5.74) is 5.68. The first-order valence-corrected chi connectivity index (χ1v) is 5.39. The summed E-state index contributed by atoms with van der Waals surface area (Å²) < 4.78 is 0. The molecule has 1 saturated heterocycles. The van der Waals surface area contributed by atoms with Gasteiger partial charge in [0.05, 0.1) is 0 Å². The van der Waals surface area contributed by atoms with Crippen LogP contribution in [0.3, 0.4) is 0 Å². The fourth-order valence-electron chi connectivity index (χ4n) is 1.73. The summed E-state index contributed by atoms with van der Waals surface area (Å²) in [6.07, 6.45) is 2.41. The van der Waals surface area contributed by atoms with E-state index in [4.69, 9.17) is 5.73 Å². The van der Waals surface area contributed by atoms with Crippen LogP contribution in [0.1, 0.15) is 17.8 Å². The molecule has 1 aliphatic heterocycles. The van der Waals surface area contributed by atoms with Crippen molar-refractivity contribution in [2.45, 2.75) is 25.8 Å². The van der Waals surface area contributed by atoms with Crippen LogP contribution in [0.4, 0.5) is 5.13 Å². The highest BCUT2D eigenvalue weighted by Gasteiger charge is 2.25. The Balaban J connectivity index is 2.15. The predicted molar refractivity (Wildman–Crippen MR) is 54.1 cm³/mol. The van der Waals surface area contributed by atoms with Crippen molar-refractivity contribution < 1.29 is 0 Å². The van der Waals surface area contributed by atoms with Crippen molar-refractivity contribution in [2.24, 2.45) is 5.73 Å². The molecule has 13 heavy (non-hydrogen) atoms. The molecule has 0 aliphatic carbocycles. The van der Waals surface area contributed by atoms with Crippen LogP contribution in [0.2, 0.25) is 0 Å². The third-order valence-electron chi connectivity index (χ3n) is 2.41. The topological polar surface area (TPSA) is 55.0 Å². The van der Waals surface area contributed by atoms with Crippen molar-refractivity contribution in [3.63, 3.8) is 0 Å². The van der Waals surface area contributed by atoms with E-state index in [1.54, 1.807) is 11.3 Å². The van der Waals surface area contributed by atoms with E-state index >= 15 is 0 Å². The molecule has 72 valence electrons. The minimum absolute atomic E-state index is 0.479. The first-order valence-electron chi connectivity index (χ1n) is 4.58. The number of hydrogen-bond donors (Lipinski definition) is 1. The van der Waals surface area contributed by atoms with Gasteiger partial charge in [-0.1, -0.05) is 11.3 Å². The Bertz CT molecular complexity index is 285. The molecular formula is C8H14N4S. The van der Waals surface area contributed by atoms with Gasteiger partial charge in [-0.25, -0.2) is 0 Å². The fourth-order valence-corrected chi connectivity index (χ4v) is 2.52. The Labute approximate surface area is 81.8 Å². The molecule has 1 aliphatic rings. The second-order valence-corrected chi connectivity index (χ2v) is 4.49. The van der Waals surface area contributed by atoms with Crippen LogP contribution < -0.4 is 10.6 Å². The van der Waals surface area contributed by atoms with Gasteiger partial charge in [-0.05, 0) is 19.8 Å². The molecule has 2 heterocycles. The fraction of sp³-hybridized carbons (Fsp3) is 0.750. The molecule has 1 aromatic heterocycles. The van der Waals surface area contributed by atoms with Gasteiger partial charge < -0.3 is 10.6 Å². The molecule has 0 spiro atoms. The highest BCUT2D eigenvalue weighted by molar-refractivity contribution is 7.15. The number of nitrogens with two attached hydrogens (primary N) is 1. The van der Waals surface area contributed by atoms with Gasteiger partial charge in [-0.15, -0.1) is 10.2 Å². The maximum Gasteiger partial charge on any atom is 0.208 e. The summed E-state index contributed by atoms with van der Waals surface area (Å²) in [6.45, 7) is 3.78. The summed E-state index contributed by atoms with van der Waals surface area (Å²) in [7, 11) is 0. The molecule has 0 saturated carbocycles. The molecule has 1 aromatic rings. The number of anilines is 1. The molecule has 0 aromatic carbocycles. The van der Waals surface area contributed by atoms with E-state index in [9.17, 15) is 0 Å². The molecule has 0 bridgehead atoms. The Kier molecular flexibility index (Phi) is 2.46. The number of aryl methyl sites for hydroxylation is 1. The van der Waals surface area contributed by atoms with E-state index in [1.807, 2.05) is 6.92 Å². The molecule has 2 N–H and O–H groups in total. The van der Waals surface area contributed by atoms with E-state index in [1.165, 1.54) is 12.8 Å². The molecule has 1 fully saturated rings. The summed E-state index contributed by atoms with van der Waals surface area (Å²) in [5, 5.41) is 10.2. The van der Waals surface area contributed by atoms with Crippen molar-refractivity contribution in [1.29, 1.82) is 0 Å². The lowest BCUT2D eigenvalue weighted by atomic mass is 10.2. The van der Waals surface area contributed by atoms with Gasteiger partial charge in [0.15, 0.2) is 0 Å². The second kappa shape index (κ2) is 3.59. The lowest BCUT2D eigenvalue weighted by Crippen LogP contribution is -2.35. The molecule has 4 nitrogen and oxygen atoms in total. The summed E-state index contributed by atoms with van der Waals surface area (Å²) in [5.74, 6) is 0. The van der Waals surface area contributed by atoms with Gasteiger partial charge in [-0.2, -0.15) is 0 Å². The van der Waals surface area contributed by atoms with Crippen molar-refractivity contribution in [1.82, 2.24) is 10.2 Å². The Morgan fingerprint density at radius 3 is 3.08 bits per heavy atom. The monoisotopic (exact) mass is 198 g/mol. The number of aromatic nitrogens is 2. The number of nitrogens with zero attached hydrogens (tertiary/aromatic N) is 3. The standard InChI is InChI=1S/C8H14N4S/c1-6-10-11-8(13-6)12-4-2-3-7(12)5-9/h7H,2-5,9H2,1H3/t7-/m0/s1. The van der Waals surface area contributed by atoms with Crippen LogP contribution in [0, 0.1) is 6.92 Å². The SMILES string of the molecule is Cc1nnc(N2CCC[C@H]2CN)s1. The van der Waals surface area contributed by atoms with Gasteiger partial charge in [0.2, 0.25) is 5.13 Å². The normalized spacial score (nSPS) is 22.6. The first-order chi connectivity index (χ1) is 6.31. The Hall–Kier alpha value is -0.680. The van der Waals surface area contributed by atoms with Crippen molar-refractivity contribution in [3.8, 4) is 0 Å². The zero-order chi connectivity index (χ0) is 9.26. The van der Waals surface area contributed by atoms with E-state index in [-0.39, 0.29) is 0 Å². The molecular weight excluding hydrogens is 184 g/mol. The lowest BCUT2D eigenvalue weighted by molar-refractivity contribution is 0.673. The van der Waals surface area contributed by atoms with E-state index in [0.29, 0.717) is 6.04 Å². The highest BCUT2D eigenvalue weighted by Crippen LogP contribution is 2.27. The Morgan fingerprint density at radius 2 is 2.46 bits per heavy atom. The van der Waals surface area contributed by atoms with Crippen LogP contribution in [0.5, 0.6) is 0 Å². The third kappa shape index (κ3) is 1.66. The van der Waals surface area contributed by atoms with Gasteiger partial charge in [0, 0.05) is 19.1 Å². The zero-order valence-electron chi connectivity index (χ0n) is 7.73. The molecule has 0 unspecified atom stereocenters. The smallest absolute Gasteiger partial charge is 0.208 e. The quantitative estimate of drug-likeness (QED) is 0.762. The van der Waals surface area contributed by atoms with Gasteiger partial charge >= 0.3 is 0 Å². The minimum atomic E-state index is 0.479. The van der Waals surface area contributed by atoms with Crippen LogP contribution >= 0.6 is 11.3 Å². The van der Waals surface area contributed by atoms with Crippen LogP contribution in [0.15, 0.2) is 0 Å². The van der Waals surface area contributed by atoms with Gasteiger partial charge in [0.1, 0.15) is 5.01 Å². The van der Waals surface area contributed by atoms with Crippen LogP contribution in [-0.4, -0.2) is 29.3 Å². The largest absolute Gasteiger partial charge is 0.342 e. The molecule has 0 radical (unpaired) electrons. The first kappa shape index (κ1) is 8.90. The number of rotatable bonds is 2. The minimum Gasteiger partial charge on any atom is -0.342 e. The van der Waals surface area contributed by atoms with Crippen molar-refractivity contribution >= 4 is 16.5 Å². The number of hydrogen-bond acceptors (Lipinski definition) is 5. The summed E-state index contributed by atoms with van der Waals surface area (Å²) in [6, 6.07) is 0.479. The van der Waals surface area contributed by atoms with Crippen LogP contribution in [0.25, 0.3) is 0 Å². The van der Waals surface area contributed by atoms with E-state index < -0.39 is 0 Å². The second-order valence-electron chi connectivity index (χ2n) is 3.33. The zero-order valence-corrected chi connectivity index (χ0v) is 8.55. The van der Waals surface area contributed by atoms with E-state index in [2.05, 4.69) is 15.1 Å². The Morgan fingerprint density at radius 1 is 1.62 bits per heavy atom. The summed E-state index contributed by atoms with van der Waals surface area (Å²) in [4.78, 5) is 2.28. The predicted octanol–water partition coefficient (Wildman–Crippen LogP) is 0.774. The highest BCUT2D eigenvalue weighted by atomic mass is 32.1. The maximum absolute atomic E-state index is 5.68. The van der Waals surface area contributed by atoms with Gasteiger partial charge in [-0.3, -0.25) is 0 Å². The van der Waals surface area contributed by atoms with Crippen molar-refractivity contribution in [2.75, 3.05) is 18.0 Å². The molecule has 2 rings (SSSR count). The average Bonchev–Trinajstić information content (AvgIpc) is 2.71. The summed E-state index contributed by atoms with van der Waals surface area (Å²) >= 11 is 1.65. The van der Waals surface area contributed by atoms with Crippen LogP contribution in [-0.2, 0) is 0 Å². The third-order valence-corrected chi connectivity index (χ3v) is 3.29. The van der Waals surface area contributed by atoms with E-state index in [0.717, 1.165) is 23.2 Å². The molecule has 0 amide bonds. The molecule has 5 heteroatoms. The molecule has 1 atom stereocenters. The maximum atomic E-state index is 5.68. The lowest BCUT2D eigenvalue weighted by Gasteiger charge is -2.21. The average molecular weight is 198 g/mol.